The van der Waals surface area contributed by atoms with E-state index >= 15 is 0 Å². The molecule has 0 atom stereocenters. The third-order valence-corrected chi connectivity index (χ3v) is 5.16. The molecule has 130 valence electrons. The first-order chi connectivity index (χ1) is 12.6. The molecule has 1 aromatic heterocycles. The fourth-order valence-electron chi connectivity index (χ4n) is 3.23. The van der Waals surface area contributed by atoms with Crippen LogP contribution in [0.15, 0.2) is 70.0 Å². The van der Waals surface area contributed by atoms with Crippen molar-refractivity contribution in [2.75, 3.05) is 5.32 Å². The van der Waals surface area contributed by atoms with Crippen molar-refractivity contribution in [1.82, 2.24) is 4.98 Å². The Bertz CT molecular complexity index is 957. The van der Waals surface area contributed by atoms with Crippen molar-refractivity contribution < 1.29 is 14.0 Å². The molecule has 1 heterocycles. The van der Waals surface area contributed by atoms with Gasteiger partial charge >= 0.3 is 0 Å². The van der Waals surface area contributed by atoms with E-state index < -0.39 is 5.41 Å². The summed E-state index contributed by atoms with van der Waals surface area (Å²) in [6.45, 7) is 0. The van der Waals surface area contributed by atoms with Gasteiger partial charge in [0.1, 0.15) is 5.78 Å². The number of anilines is 1. The van der Waals surface area contributed by atoms with Crippen molar-refractivity contribution in [3.05, 3.63) is 71.2 Å². The van der Waals surface area contributed by atoms with Gasteiger partial charge in [-0.25, -0.2) is 4.98 Å². The number of hydrogen-bond acceptors (Lipinski definition) is 4. The fourth-order valence-corrected chi connectivity index (χ4v) is 3.63. The van der Waals surface area contributed by atoms with E-state index in [1.54, 1.807) is 6.20 Å². The van der Waals surface area contributed by atoms with E-state index in [1.165, 1.54) is 6.39 Å². The number of benzene rings is 2. The van der Waals surface area contributed by atoms with Crippen molar-refractivity contribution in [2.24, 2.45) is 0 Å². The number of ketones is 1. The molecule has 1 amide bonds. The third kappa shape index (κ3) is 2.97. The molecule has 0 radical (unpaired) electrons. The number of nitrogens with one attached hydrogen (secondary N) is 1. The molecule has 5 nitrogen and oxygen atoms in total. The maximum absolute atomic E-state index is 13.0. The summed E-state index contributed by atoms with van der Waals surface area (Å²) in [7, 11) is 0. The second kappa shape index (κ2) is 6.53. The molecule has 1 saturated carbocycles. The van der Waals surface area contributed by atoms with Crippen LogP contribution in [0.3, 0.4) is 0 Å². The average Bonchev–Trinajstić information content (AvgIpc) is 3.14. The molecule has 3 aromatic rings. The fraction of sp³-hybridized carbons (Fsp3) is 0.150. The lowest BCUT2D eigenvalue weighted by atomic mass is 9.63. The summed E-state index contributed by atoms with van der Waals surface area (Å²) >= 11 is 3.44. The molecular formula is C20H15BrN2O3. The highest BCUT2D eigenvalue weighted by molar-refractivity contribution is 9.10. The molecule has 0 bridgehead atoms. The van der Waals surface area contributed by atoms with Gasteiger partial charge in [-0.1, -0.05) is 28.1 Å². The van der Waals surface area contributed by atoms with Crippen LogP contribution in [0.2, 0.25) is 0 Å². The summed E-state index contributed by atoms with van der Waals surface area (Å²) in [6.07, 6.45) is 3.47. The van der Waals surface area contributed by atoms with Gasteiger partial charge in [0.05, 0.1) is 11.6 Å². The number of aromatic nitrogens is 1. The van der Waals surface area contributed by atoms with Gasteiger partial charge in [-0.05, 0) is 42.0 Å². The van der Waals surface area contributed by atoms with E-state index in [2.05, 4.69) is 26.2 Å². The highest BCUT2D eigenvalue weighted by atomic mass is 79.9. The molecule has 4 rings (SSSR count). The van der Waals surface area contributed by atoms with E-state index in [9.17, 15) is 9.59 Å². The maximum atomic E-state index is 13.0. The van der Waals surface area contributed by atoms with Crippen LogP contribution in [-0.4, -0.2) is 16.7 Å². The molecular weight excluding hydrogens is 396 g/mol. The summed E-state index contributed by atoms with van der Waals surface area (Å²) < 4.78 is 6.15. The lowest BCUT2D eigenvalue weighted by Gasteiger charge is -2.39. The second-order valence-corrected chi connectivity index (χ2v) is 7.30. The summed E-state index contributed by atoms with van der Waals surface area (Å²) in [5.74, 6) is 0.599. The molecule has 1 N–H and O–H groups in total. The summed E-state index contributed by atoms with van der Waals surface area (Å²) in [5, 5.41) is 2.94. The number of hydrogen-bond donors (Lipinski definition) is 1. The van der Waals surface area contributed by atoms with E-state index in [0.717, 1.165) is 15.6 Å². The van der Waals surface area contributed by atoms with Crippen molar-refractivity contribution in [3.8, 4) is 11.3 Å². The van der Waals surface area contributed by atoms with Crippen LogP contribution < -0.4 is 5.32 Å². The molecule has 6 heteroatoms. The molecule has 26 heavy (non-hydrogen) atoms. The third-order valence-electron chi connectivity index (χ3n) is 4.67. The van der Waals surface area contributed by atoms with E-state index in [1.807, 2.05) is 48.5 Å². The number of carbonyl (C=O) groups is 2. The van der Waals surface area contributed by atoms with Crippen LogP contribution >= 0.6 is 15.9 Å². The minimum atomic E-state index is -0.801. The SMILES string of the molecule is O=C1CC(C(=O)Nc2ccc(-c3cnco3)cc2)(c2cccc(Br)c2)C1. The topological polar surface area (TPSA) is 72.2 Å². The van der Waals surface area contributed by atoms with Crippen LogP contribution in [0, 0.1) is 0 Å². The zero-order chi connectivity index (χ0) is 18.1. The van der Waals surface area contributed by atoms with Gasteiger partial charge in [-0.15, -0.1) is 0 Å². The number of rotatable bonds is 4. The van der Waals surface area contributed by atoms with Gasteiger partial charge < -0.3 is 9.73 Å². The Kier molecular flexibility index (Phi) is 4.20. The quantitative estimate of drug-likeness (QED) is 0.693. The first kappa shape index (κ1) is 16.7. The first-order valence-corrected chi connectivity index (χ1v) is 8.94. The Morgan fingerprint density at radius 2 is 1.92 bits per heavy atom. The normalized spacial score (nSPS) is 15.3. The number of oxazole rings is 1. The lowest BCUT2D eigenvalue weighted by Crippen LogP contribution is -2.51. The predicted octanol–water partition coefficient (Wildman–Crippen LogP) is 4.34. The van der Waals surface area contributed by atoms with Crippen LogP contribution in [0.1, 0.15) is 18.4 Å². The highest BCUT2D eigenvalue weighted by Gasteiger charge is 2.51. The largest absolute Gasteiger partial charge is 0.444 e. The minimum Gasteiger partial charge on any atom is -0.444 e. The average molecular weight is 411 g/mol. The number of amides is 1. The van der Waals surface area contributed by atoms with Gasteiger partial charge in [-0.2, -0.15) is 0 Å². The Hall–Kier alpha value is -2.73. The highest BCUT2D eigenvalue weighted by Crippen LogP contribution is 2.43. The number of carbonyl (C=O) groups excluding carboxylic acids is 2. The minimum absolute atomic E-state index is 0.0980. The molecule has 1 fully saturated rings. The summed E-state index contributed by atoms with van der Waals surface area (Å²) in [5.41, 5.74) is 1.60. The lowest BCUT2D eigenvalue weighted by molar-refractivity contribution is -0.138. The standard InChI is InChI=1S/C20H15BrN2O3/c21-15-3-1-2-14(8-15)20(9-17(24)10-20)19(25)23-16-6-4-13(5-7-16)18-11-22-12-26-18/h1-8,11-12H,9-10H2,(H,23,25). The maximum Gasteiger partial charge on any atom is 0.235 e. The van der Waals surface area contributed by atoms with Crippen LogP contribution in [0.4, 0.5) is 5.69 Å². The van der Waals surface area contributed by atoms with Gasteiger partial charge in [0.25, 0.3) is 0 Å². The molecule has 2 aromatic carbocycles. The van der Waals surface area contributed by atoms with Crippen LogP contribution in [0.5, 0.6) is 0 Å². The number of halogens is 1. The Balaban J connectivity index is 1.57. The van der Waals surface area contributed by atoms with Crippen LogP contribution in [0.25, 0.3) is 11.3 Å². The molecule has 0 unspecified atom stereocenters. The van der Waals surface area contributed by atoms with Crippen molar-refractivity contribution in [2.45, 2.75) is 18.3 Å². The molecule has 1 aliphatic rings. The zero-order valence-corrected chi connectivity index (χ0v) is 15.3. The number of nitrogens with zero attached hydrogens (tertiary/aromatic N) is 1. The summed E-state index contributed by atoms with van der Waals surface area (Å²) in [6, 6.07) is 14.9. The molecule has 0 aliphatic heterocycles. The Morgan fingerprint density at radius 1 is 1.15 bits per heavy atom. The van der Waals surface area contributed by atoms with Crippen molar-refractivity contribution >= 4 is 33.3 Å². The van der Waals surface area contributed by atoms with Crippen molar-refractivity contribution in [1.29, 1.82) is 0 Å². The Morgan fingerprint density at radius 3 is 2.54 bits per heavy atom. The van der Waals surface area contributed by atoms with E-state index in [0.29, 0.717) is 11.4 Å². The first-order valence-electron chi connectivity index (χ1n) is 8.15. The van der Waals surface area contributed by atoms with E-state index in [4.69, 9.17) is 4.42 Å². The molecule has 0 saturated heterocycles. The smallest absolute Gasteiger partial charge is 0.235 e. The monoisotopic (exact) mass is 410 g/mol. The molecule has 1 aliphatic carbocycles. The van der Waals surface area contributed by atoms with Gasteiger partial charge in [0.2, 0.25) is 5.91 Å². The van der Waals surface area contributed by atoms with Gasteiger partial charge in [-0.3, -0.25) is 9.59 Å². The van der Waals surface area contributed by atoms with Crippen LogP contribution in [-0.2, 0) is 15.0 Å². The van der Waals surface area contributed by atoms with Gasteiger partial charge in [0, 0.05) is 28.6 Å². The van der Waals surface area contributed by atoms with Gasteiger partial charge in [0.15, 0.2) is 12.2 Å². The molecule has 0 spiro atoms. The van der Waals surface area contributed by atoms with E-state index in [-0.39, 0.29) is 24.5 Å². The second-order valence-electron chi connectivity index (χ2n) is 6.38. The summed E-state index contributed by atoms with van der Waals surface area (Å²) in [4.78, 5) is 28.6. The number of Topliss-reactive ketones (excluding diaryl/α,β-unsaturated/α-hetero) is 1. The van der Waals surface area contributed by atoms with Crippen molar-refractivity contribution in [3.63, 3.8) is 0 Å². The Labute approximate surface area is 158 Å². The zero-order valence-electron chi connectivity index (χ0n) is 13.7. The predicted molar refractivity (Wildman–Crippen MR) is 101 cm³/mol.